The minimum absolute atomic E-state index is 0.658. The maximum Gasteiger partial charge on any atom is 0.225 e. The lowest BCUT2D eigenvalue weighted by atomic mass is 10.6. The number of hydrogen-bond acceptors (Lipinski definition) is 4. The molecule has 13 heavy (non-hydrogen) atoms. The van der Waals surface area contributed by atoms with Gasteiger partial charge in [-0.3, -0.25) is 4.57 Å². The van der Waals surface area contributed by atoms with Crippen LogP contribution in [0.3, 0.4) is 0 Å². The third-order valence-corrected chi connectivity index (χ3v) is 2.78. The standard InChI is InChI=1S/C7H14N4S2/c1-10(4-5-13-3)6-8-9-7(12)11(6)2/h4-5H2,1-3H3,(H,9,12). The van der Waals surface area contributed by atoms with Crippen molar-refractivity contribution in [1.82, 2.24) is 14.8 Å². The normalized spacial score (nSPS) is 10.4. The lowest BCUT2D eigenvalue weighted by molar-refractivity contribution is 0.823. The van der Waals surface area contributed by atoms with Gasteiger partial charge in [-0.2, -0.15) is 11.8 Å². The van der Waals surface area contributed by atoms with E-state index in [2.05, 4.69) is 21.4 Å². The fourth-order valence-electron chi connectivity index (χ4n) is 1.01. The van der Waals surface area contributed by atoms with E-state index in [1.807, 2.05) is 30.4 Å². The molecule has 1 heterocycles. The molecule has 6 heteroatoms. The molecule has 1 aromatic rings. The Morgan fingerprint density at radius 1 is 1.69 bits per heavy atom. The predicted octanol–water partition coefficient (Wildman–Crippen LogP) is 1.28. The topological polar surface area (TPSA) is 36.9 Å². The number of nitrogens with one attached hydrogen (secondary N) is 1. The van der Waals surface area contributed by atoms with Gasteiger partial charge in [0.25, 0.3) is 0 Å². The van der Waals surface area contributed by atoms with Crippen molar-refractivity contribution in [2.45, 2.75) is 0 Å². The smallest absolute Gasteiger partial charge is 0.225 e. The molecule has 0 saturated carbocycles. The second-order valence-corrected chi connectivity index (χ2v) is 4.17. The summed E-state index contributed by atoms with van der Waals surface area (Å²) in [7, 11) is 3.93. The average molecular weight is 218 g/mol. The summed E-state index contributed by atoms with van der Waals surface area (Å²) in [6, 6.07) is 0. The first-order valence-electron chi connectivity index (χ1n) is 3.98. The summed E-state index contributed by atoms with van der Waals surface area (Å²) in [5.41, 5.74) is 0. The van der Waals surface area contributed by atoms with E-state index in [1.54, 1.807) is 0 Å². The molecule has 0 aliphatic heterocycles. The van der Waals surface area contributed by atoms with Crippen LogP contribution in [0.2, 0.25) is 0 Å². The largest absolute Gasteiger partial charge is 0.343 e. The summed E-state index contributed by atoms with van der Waals surface area (Å²) in [6.45, 7) is 0.981. The maximum atomic E-state index is 5.02. The van der Waals surface area contributed by atoms with Crippen LogP contribution in [0.25, 0.3) is 0 Å². The fourth-order valence-corrected chi connectivity index (χ4v) is 1.59. The van der Waals surface area contributed by atoms with Crippen LogP contribution >= 0.6 is 24.0 Å². The van der Waals surface area contributed by atoms with Crippen molar-refractivity contribution in [3.63, 3.8) is 0 Å². The van der Waals surface area contributed by atoms with E-state index >= 15 is 0 Å². The number of nitrogens with zero attached hydrogens (tertiary/aromatic N) is 3. The molecule has 0 amide bonds. The molecule has 1 rings (SSSR count). The van der Waals surface area contributed by atoms with Crippen LogP contribution in [-0.2, 0) is 7.05 Å². The molecular formula is C7H14N4S2. The average Bonchev–Trinajstić information content (AvgIpc) is 2.44. The highest BCUT2D eigenvalue weighted by Gasteiger charge is 2.06. The van der Waals surface area contributed by atoms with E-state index in [4.69, 9.17) is 12.2 Å². The SMILES string of the molecule is CSCCN(C)c1n[nH]c(=S)n1C. The van der Waals surface area contributed by atoms with Gasteiger partial charge in [-0.05, 0) is 18.5 Å². The van der Waals surface area contributed by atoms with Gasteiger partial charge in [0.1, 0.15) is 0 Å². The number of anilines is 1. The third kappa shape index (κ3) is 2.47. The van der Waals surface area contributed by atoms with E-state index in [9.17, 15) is 0 Å². The second kappa shape index (κ2) is 4.66. The van der Waals surface area contributed by atoms with Crippen molar-refractivity contribution in [3.05, 3.63) is 4.77 Å². The highest BCUT2D eigenvalue weighted by atomic mass is 32.2. The van der Waals surface area contributed by atoms with Gasteiger partial charge in [-0.1, -0.05) is 0 Å². The maximum absolute atomic E-state index is 5.02. The van der Waals surface area contributed by atoms with E-state index in [-0.39, 0.29) is 0 Å². The molecule has 4 nitrogen and oxygen atoms in total. The Kier molecular flexibility index (Phi) is 3.80. The van der Waals surface area contributed by atoms with Gasteiger partial charge in [0, 0.05) is 26.4 Å². The third-order valence-electron chi connectivity index (χ3n) is 1.83. The molecule has 0 unspecified atom stereocenters. The summed E-state index contributed by atoms with van der Waals surface area (Å²) in [5, 5.41) is 6.89. The zero-order valence-corrected chi connectivity index (χ0v) is 9.71. The van der Waals surface area contributed by atoms with Crippen LogP contribution in [0.5, 0.6) is 0 Å². The summed E-state index contributed by atoms with van der Waals surface area (Å²) in [5.74, 6) is 1.98. The Labute approximate surface area is 87.3 Å². The Hall–Kier alpha value is -0.490. The summed E-state index contributed by atoms with van der Waals surface area (Å²) in [4.78, 5) is 2.09. The van der Waals surface area contributed by atoms with Crippen LogP contribution in [0, 0.1) is 4.77 Å². The lowest BCUT2D eigenvalue weighted by Gasteiger charge is -2.16. The molecular weight excluding hydrogens is 204 g/mol. The predicted molar refractivity (Wildman–Crippen MR) is 60.0 cm³/mol. The Morgan fingerprint density at radius 3 is 2.85 bits per heavy atom. The van der Waals surface area contributed by atoms with E-state index in [1.165, 1.54) is 0 Å². The first-order valence-corrected chi connectivity index (χ1v) is 5.78. The molecule has 0 radical (unpaired) electrons. The van der Waals surface area contributed by atoms with Crippen LogP contribution in [-0.4, -0.2) is 40.4 Å². The summed E-state index contributed by atoms with van der Waals surface area (Å²) in [6.07, 6.45) is 2.09. The Morgan fingerprint density at radius 2 is 2.38 bits per heavy atom. The first kappa shape index (κ1) is 10.6. The molecule has 0 saturated heterocycles. The van der Waals surface area contributed by atoms with Crippen molar-refractivity contribution in [3.8, 4) is 0 Å². The molecule has 0 aliphatic rings. The minimum Gasteiger partial charge on any atom is -0.343 e. The van der Waals surface area contributed by atoms with Crippen LogP contribution < -0.4 is 4.90 Å². The van der Waals surface area contributed by atoms with Gasteiger partial charge < -0.3 is 4.90 Å². The molecule has 74 valence electrons. The van der Waals surface area contributed by atoms with Crippen LogP contribution in [0.15, 0.2) is 0 Å². The molecule has 1 aromatic heterocycles. The number of rotatable bonds is 4. The highest BCUT2D eigenvalue weighted by Crippen LogP contribution is 2.07. The zero-order valence-electron chi connectivity index (χ0n) is 8.07. The highest BCUT2D eigenvalue weighted by molar-refractivity contribution is 7.98. The second-order valence-electron chi connectivity index (χ2n) is 2.80. The number of H-pyrrole nitrogens is 1. The number of aromatic amines is 1. The van der Waals surface area contributed by atoms with Gasteiger partial charge in [0.2, 0.25) is 5.95 Å². The minimum atomic E-state index is 0.658. The molecule has 0 aromatic carbocycles. The van der Waals surface area contributed by atoms with Gasteiger partial charge in [-0.25, -0.2) is 5.10 Å². The van der Waals surface area contributed by atoms with Gasteiger partial charge >= 0.3 is 0 Å². The lowest BCUT2D eigenvalue weighted by Crippen LogP contribution is -2.23. The van der Waals surface area contributed by atoms with Crippen LogP contribution in [0.1, 0.15) is 0 Å². The number of hydrogen-bond donors (Lipinski definition) is 1. The monoisotopic (exact) mass is 218 g/mol. The van der Waals surface area contributed by atoms with Gasteiger partial charge in [-0.15, -0.1) is 5.10 Å². The van der Waals surface area contributed by atoms with Crippen molar-refractivity contribution in [2.75, 3.05) is 30.5 Å². The van der Waals surface area contributed by atoms with Crippen LogP contribution in [0.4, 0.5) is 5.95 Å². The van der Waals surface area contributed by atoms with Crippen molar-refractivity contribution in [1.29, 1.82) is 0 Å². The zero-order chi connectivity index (χ0) is 9.84. The Balaban J connectivity index is 2.71. The van der Waals surface area contributed by atoms with Crippen molar-refractivity contribution in [2.24, 2.45) is 7.05 Å². The van der Waals surface area contributed by atoms with E-state index in [0.717, 1.165) is 18.2 Å². The summed E-state index contributed by atoms with van der Waals surface area (Å²) >= 11 is 6.84. The van der Waals surface area contributed by atoms with Crippen molar-refractivity contribution < 1.29 is 0 Å². The van der Waals surface area contributed by atoms with E-state index in [0.29, 0.717) is 4.77 Å². The fraction of sp³-hybridized carbons (Fsp3) is 0.714. The molecule has 0 aliphatic carbocycles. The van der Waals surface area contributed by atoms with Gasteiger partial charge in [0.05, 0.1) is 0 Å². The van der Waals surface area contributed by atoms with E-state index < -0.39 is 0 Å². The molecule has 0 atom stereocenters. The number of thioether (sulfide) groups is 1. The van der Waals surface area contributed by atoms with Gasteiger partial charge in [0.15, 0.2) is 4.77 Å². The first-order chi connectivity index (χ1) is 6.16. The summed E-state index contributed by atoms with van der Waals surface area (Å²) < 4.78 is 2.53. The quantitative estimate of drug-likeness (QED) is 0.772. The Bertz CT molecular complexity index is 317. The molecule has 1 N–H and O–H groups in total. The molecule has 0 spiro atoms. The van der Waals surface area contributed by atoms with Crippen molar-refractivity contribution >= 4 is 29.9 Å². The molecule has 0 bridgehead atoms. The number of aromatic nitrogens is 3. The molecule has 0 fully saturated rings.